The van der Waals surface area contributed by atoms with E-state index in [-0.39, 0.29) is 0 Å². The summed E-state index contributed by atoms with van der Waals surface area (Å²) in [5.74, 6) is 2.22. The Balaban J connectivity index is 0.000000331. The van der Waals surface area contributed by atoms with Crippen molar-refractivity contribution >= 4 is 0 Å². The molecule has 0 aromatic rings. The van der Waals surface area contributed by atoms with Crippen molar-refractivity contribution in [3.05, 3.63) is 0 Å². The molecule has 1 fully saturated rings. The van der Waals surface area contributed by atoms with E-state index in [2.05, 4.69) is 27.7 Å². The summed E-state index contributed by atoms with van der Waals surface area (Å²) in [7, 11) is 0. The average Bonchev–Trinajstić information content (AvgIpc) is 3.21. The first kappa shape index (κ1) is 18.0. The Morgan fingerprint density at radius 2 is 1.22 bits per heavy atom. The molecule has 0 aromatic heterocycles. The quantitative estimate of drug-likeness (QED) is 0.369. The van der Waals surface area contributed by atoms with Crippen LogP contribution in [0.3, 0.4) is 0 Å². The summed E-state index contributed by atoms with van der Waals surface area (Å²) in [6.07, 6.45) is 17.3. The van der Waals surface area contributed by atoms with Gasteiger partial charge in [0.25, 0.3) is 0 Å². The van der Waals surface area contributed by atoms with Crippen molar-refractivity contribution in [1.29, 1.82) is 0 Å². The lowest BCUT2D eigenvalue weighted by Gasteiger charge is -2.11. The molecule has 1 saturated carbocycles. The van der Waals surface area contributed by atoms with E-state index in [9.17, 15) is 0 Å². The highest BCUT2D eigenvalue weighted by atomic mass is 14.3. The minimum absolute atomic E-state index is 1.08. The Bertz CT molecular complexity index is 140. The first-order chi connectivity index (χ1) is 8.79. The highest BCUT2D eigenvalue weighted by molar-refractivity contribution is 4.80. The third-order valence-corrected chi connectivity index (χ3v) is 4.20. The van der Waals surface area contributed by atoms with E-state index in [0.29, 0.717) is 0 Å². The van der Waals surface area contributed by atoms with Crippen LogP contribution in [0, 0.1) is 11.8 Å². The Morgan fingerprint density at radius 1 is 0.722 bits per heavy atom. The van der Waals surface area contributed by atoms with E-state index >= 15 is 0 Å². The zero-order chi connectivity index (χ0) is 13.6. The predicted octanol–water partition coefficient (Wildman–Crippen LogP) is 6.98. The monoisotopic (exact) mass is 254 g/mol. The van der Waals surface area contributed by atoms with Gasteiger partial charge in [-0.15, -0.1) is 0 Å². The molecular weight excluding hydrogens is 216 g/mol. The molecule has 1 aliphatic rings. The van der Waals surface area contributed by atoms with Gasteiger partial charge in [-0.05, 0) is 24.7 Å². The van der Waals surface area contributed by atoms with E-state index in [1.807, 2.05) is 0 Å². The Hall–Kier alpha value is 0. The molecule has 0 aromatic carbocycles. The van der Waals surface area contributed by atoms with Crippen molar-refractivity contribution in [3.63, 3.8) is 0 Å². The smallest absolute Gasteiger partial charge is 0.0386 e. The zero-order valence-corrected chi connectivity index (χ0v) is 13.6. The maximum Gasteiger partial charge on any atom is -0.0386 e. The van der Waals surface area contributed by atoms with Crippen molar-refractivity contribution in [3.8, 4) is 0 Å². The van der Waals surface area contributed by atoms with Crippen LogP contribution < -0.4 is 0 Å². The van der Waals surface area contributed by atoms with Gasteiger partial charge in [0, 0.05) is 0 Å². The predicted molar refractivity (Wildman–Crippen MR) is 85.1 cm³/mol. The standard InChI is InChI=1S/C10H20.C8H18/c1-3-5-6-9(4-2)10-7-8-10;1-3-5-7-8-6-4-2/h9-10H,3-8H2,1-2H3;3-8H2,1-2H3. The number of hydrogen-bond acceptors (Lipinski definition) is 0. The van der Waals surface area contributed by atoms with E-state index in [0.717, 1.165) is 11.8 Å². The van der Waals surface area contributed by atoms with Crippen LogP contribution in [0.5, 0.6) is 0 Å². The lowest BCUT2D eigenvalue weighted by atomic mass is 9.94. The first-order valence-electron chi connectivity index (χ1n) is 8.79. The summed E-state index contributed by atoms with van der Waals surface area (Å²) < 4.78 is 0. The third-order valence-electron chi connectivity index (χ3n) is 4.20. The van der Waals surface area contributed by atoms with Crippen molar-refractivity contribution in [2.24, 2.45) is 11.8 Å². The molecule has 1 aliphatic carbocycles. The normalized spacial score (nSPS) is 16.0. The van der Waals surface area contributed by atoms with Crippen LogP contribution in [0.15, 0.2) is 0 Å². The molecular formula is C18H38. The molecule has 110 valence electrons. The van der Waals surface area contributed by atoms with E-state index < -0.39 is 0 Å². The van der Waals surface area contributed by atoms with Gasteiger partial charge < -0.3 is 0 Å². The molecule has 0 bridgehead atoms. The van der Waals surface area contributed by atoms with Crippen LogP contribution in [0.1, 0.15) is 105 Å². The molecule has 1 unspecified atom stereocenters. The molecule has 0 heteroatoms. The molecule has 0 amide bonds. The molecule has 1 rings (SSSR count). The van der Waals surface area contributed by atoms with Crippen LogP contribution in [-0.2, 0) is 0 Å². The summed E-state index contributed by atoms with van der Waals surface area (Å²) in [5.41, 5.74) is 0. The van der Waals surface area contributed by atoms with Crippen LogP contribution in [0.2, 0.25) is 0 Å². The van der Waals surface area contributed by atoms with Gasteiger partial charge in [0.1, 0.15) is 0 Å². The second-order valence-electron chi connectivity index (χ2n) is 6.06. The summed E-state index contributed by atoms with van der Waals surface area (Å²) in [6, 6.07) is 0. The number of rotatable bonds is 10. The average molecular weight is 255 g/mol. The molecule has 0 spiro atoms. The lowest BCUT2D eigenvalue weighted by molar-refractivity contribution is 0.401. The molecule has 0 nitrogen and oxygen atoms in total. The van der Waals surface area contributed by atoms with Crippen LogP contribution >= 0.6 is 0 Å². The Morgan fingerprint density at radius 3 is 1.56 bits per heavy atom. The van der Waals surface area contributed by atoms with Gasteiger partial charge in [0.2, 0.25) is 0 Å². The highest BCUT2D eigenvalue weighted by Crippen LogP contribution is 2.40. The van der Waals surface area contributed by atoms with Crippen molar-refractivity contribution in [2.75, 3.05) is 0 Å². The van der Waals surface area contributed by atoms with E-state index in [4.69, 9.17) is 0 Å². The van der Waals surface area contributed by atoms with Gasteiger partial charge in [0.15, 0.2) is 0 Å². The highest BCUT2D eigenvalue weighted by Gasteiger charge is 2.28. The number of unbranched alkanes of at least 4 members (excludes halogenated alkanes) is 6. The summed E-state index contributed by atoms with van der Waals surface area (Å²) in [6.45, 7) is 9.15. The zero-order valence-electron chi connectivity index (χ0n) is 13.6. The van der Waals surface area contributed by atoms with Crippen LogP contribution in [0.25, 0.3) is 0 Å². The third kappa shape index (κ3) is 11.1. The van der Waals surface area contributed by atoms with E-state index in [1.165, 1.54) is 77.0 Å². The maximum absolute atomic E-state index is 2.35. The summed E-state index contributed by atoms with van der Waals surface area (Å²) in [4.78, 5) is 0. The van der Waals surface area contributed by atoms with Gasteiger partial charge in [-0.25, -0.2) is 0 Å². The van der Waals surface area contributed by atoms with Gasteiger partial charge in [0.05, 0.1) is 0 Å². The minimum Gasteiger partial charge on any atom is -0.0654 e. The Kier molecular flexibility index (Phi) is 13.4. The molecule has 0 saturated heterocycles. The van der Waals surface area contributed by atoms with Crippen molar-refractivity contribution in [2.45, 2.75) is 105 Å². The van der Waals surface area contributed by atoms with Crippen molar-refractivity contribution < 1.29 is 0 Å². The minimum atomic E-state index is 1.08. The second-order valence-corrected chi connectivity index (χ2v) is 6.06. The molecule has 1 atom stereocenters. The Labute approximate surface area is 117 Å². The molecule has 18 heavy (non-hydrogen) atoms. The van der Waals surface area contributed by atoms with Gasteiger partial charge in [-0.1, -0.05) is 91.9 Å². The molecule has 0 radical (unpaired) electrons. The van der Waals surface area contributed by atoms with Crippen LogP contribution in [-0.4, -0.2) is 0 Å². The fraction of sp³-hybridized carbons (Fsp3) is 1.00. The van der Waals surface area contributed by atoms with Gasteiger partial charge >= 0.3 is 0 Å². The fourth-order valence-corrected chi connectivity index (χ4v) is 2.66. The van der Waals surface area contributed by atoms with Gasteiger partial charge in [-0.2, -0.15) is 0 Å². The van der Waals surface area contributed by atoms with Gasteiger partial charge in [-0.3, -0.25) is 0 Å². The lowest BCUT2D eigenvalue weighted by Crippen LogP contribution is -2.00. The first-order valence-corrected chi connectivity index (χ1v) is 8.79. The molecule has 0 heterocycles. The van der Waals surface area contributed by atoms with Crippen LogP contribution in [0.4, 0.5) is 0 Å². The topological polar surface area (TPSA) is 0 Å². The van der Waals surface area contributed by atoms with E-state index in [1.54, 1.807) is 0 Å². The molecule has 0 aliphatic heterocycles. The second kappa shape index (κ2) is 13.4. The fourth-order valence-electron chi connectivity index (χ4n) is 2.66. The van der Waals surface area contributed by atoms with Crippen molar-refractivity contribution in [1.82, 2.24) is 0 Å². The summed E-state index contributed by atoms with van der Waals surface area (Å²) >= 11 is 0. The SMILES string of the molecule is CCCCC(CC)C1CC1.CCCCCCCC. The largest absolute Gasteiger partial charge is 0.0654 e. The number of hydrogen-bond donors (Lipinski definition) is 0. The molecule has 0 N–H and O–H groups in total. The maximum atomic E-state index is 2.35. The summed E-state index contributed by atoms with van der Waals surface area (Å²) in [5, 5.41) is 0.